The fourth-order valence-corrected chi connectivity index (χ4v) is 4.29. The van der Waals surface area contributed by atoms with Gasteiger partial charge in [-0.3, -0.25) is 9.69 Å². The van der Waals surface area contributed by atoms with Crippen LogP contribution in [0.1, 0.15) is 35.6 Å². The van der Waals surface area contributed by atoms with Crippen molar-refractivity contribution in [3.63, 3.8) is 0 Å². The Bertz CT molecular complexity index is 1000. The Hall–Kier alpha value is -3.31. The zero-order valence-electron chi connectivity index (χ0n) is 17.6. The third kappa shape index (κ3) is 4.72. The molecule has 0 spiro atoms. The van der Waals surface area contributed by atoms with E-state index in [2.05, 4.69) is 4.90 Å². The molecule has 0 amide bonds. The Morgan fingerprint density at radius 1 is 1.03 bits per heavy atom. The lowest BCUT2D eigenvalue weighted by molar-refractivity contribution is -0.142. The summed E-state index contributed by atoms with van der Waals surface area (Å²) in [6.07, 6.45) is 1.51. The van der Waals surface area contributed by atoms with Crippen molar-refractivity contribution in [2.75, 3.05) is 13.7 Å². The fraction of sp³-hybridized carbons (Fsp3) is 0.269. The Balaban J connectivity index is 1.63. The Morgan fingerprint density at radius 3 is 2.45 bits per heavy atom. The van der Waals surface area contributed by atoms with E-state index in [4.69, 9.17) is 9.47 Å². The van der Waals surface area contributed by atoms with Crippen molar-refractivity contribution in [2.45, 2.75) is 31.5 Å². The number of para-hydroxylation sites is 1. The van der Waals surface area contributed by atoms with Crippen LogP contribution in [0.5, 0.6) is 11.5 Å². The van der Waals surface area contributed by atoms with Crippen molar-refractivity contribution in [3.8, 4) is 11.5 Å². The molecule has 2 unspecified atom stereocenters. The predicted molar refractivity (Wildman–Crippen MR) is 119 cm³/mol. The zero-order chi connectivity index (χ0) is 21.6. The van der Waals surface area contributed by atoms with Gasteiger partial charge in [-0.25, -0.2) is 0 Å². The van der Waals surface area contributed by atoms with Crippen LogP contribution in [0.2, 0.25) is 0 Å². The fourth-order valence-electron chi connectivity index (χ4n) is 4.29. The van der Waals surface area contributed by atoms with Crippen LogP contribution in [-0.2, 0) is 11.4 Å². The molecule has 31 heavy (non-hydrogen) atoms. The van der Waals surface area contributed by atoms with Crippen LogP contribution in [0.15, 0.2) is 78.9 Å². The molecule has 1 aliphatic rings. The number of hydrogen-bond acceptors (Lipinski definition) is 4. The highest BCUT2D eigenvalue weighted by Gasteiger charge is 2.37. The molecular weight excluding hydrogens is 390 g/mol. The van der Waals surface area contributed by atoms with Gasteiger partial charge in [-0.05, 0) is 42.2 Å². The van der Waals surface area contributed by atoms with Gasteiger partial charge >= 0.3 is 5.97 Å². The number of methoxy groups -OCH3 is 1. The summed E-state index contributed by atoms with van der Waals surface area (Å²) in [5.41, 5.74) is 3.10. The normalized spacial score (nSPS) is 17.3. The second-order valence-corrected chi connectivity index (χ2v) is 7.72. The van der Waals surface area contributed by atoms with Crippen LogP contribution in [0.25, 0.3) is 0 Å². The molecule has 160 valence electrons. The second-order valence-electron chi connectivity index (χ2n) is 7.72. The van der Waals surface area contributed by atoms with Crippen LogP contribution in [0, 0.1) is 0 Å². The quantitative estimate of drug-likeness (QED) is 0.564. The molecule has 1 heterocycles. The van der Waals surface area contributed by atoms with Crippen molar-refractivity contribution in [2.24, 2.45) is 0 Å². The van der Waals surface area contributed by atoms with E-state index in [0.717, 1.165) is 41.2 Å². The molecule has 0 aliphatic carbocycles. The minimum atomic E-state index is -0.778. The summed E-state index contributed by atoms with van der Waals surface area (Å²) in [7, 11) is 1.65. The molecule has 5 nitrogen and oxygen atoms in total. The van der Waals surface area contributed by atoms with Gasteiger partial charge in [0.1, 0.15) is 24.1 Å². The first-order valence-corrected chi connectivity index (χ1v) is 10.6. The molecule has 2 atom stereocenters. The lowest BCUT2D eigenvalue weighted by Crippen LogP contribution is -2.39. The summed E-state index contributed by atoms with van der Waals surface area (Å²) in [5, 5.41) is 9.78. The number of likely N-dealkylation sites (tertiary alicyclic amines) is 1. The van der Waals surface area contributed by atoms with Gasteiger partial charge in [0.05, 0.1) is 13.2 Å². The third-order valence-electron chi connectivity index (χ3n) is 5.79. The number of aliphatic carboxylic acids is 1. The topological polar surface area (TPSA) is 59.0 Å². The van der Waals surface area contributed by atoms with Gasteiger partial charge in [-0.2, -0.15) is 0 Å². The van der Waals surface area contributed by atoms with E-state index in [1.807, 2.05) is 78.9 Å². The maximum absolute atomic E-state index is 11.9. The van der Waals surface area contributed by atoms with Crippen LogP contribution in [0.3, 0.4) is 0 Å². The first-order chi connectivity index (χ1) is 15.2. The van der Waals surface area contributed by atoms with Gasteiger partial charge in [0.2, 0.25) is 0 Å². The lowest BCUT2D eigenvalue weighted by atomic mass is 9.95. The standard InChI is InChI=1S/C26H27NO4/c1-30-24-12-6-5-10-22(24)25(27-17-7-11-23(27)26(28)29)20-13-15-21(16-14-20)31-18-19-8-3-2-4-9-19/h2-6,8-10,12-16,23,25H,7,11,17-18H2,1H3,(H,28,29). The highest BCUT2D eigenvalue weighted by molar-refractivity contribution is 5.74. The van der Waals surface area contributed by atoms with Crippen molar-refractivity contribution in [3.05, 3.63) is 95.6 Å². The van der Waals surface area contributed by atoms with E-state index < -0.39 is 12.0 Å². The summed E-state index contributed by atoms with van der Waals surface area (Å²) in [6.45, 7) is 1.23. The molecule has 1 N–H and O–H groups in total. The largest absolute Gasteiger partial charge is 0.496 e. The van der Waals surface area contributed by atoms with Gasteiger partial charge in [0.15, 0.2) is 0 Å². The highest BCUT2D eigenvalue weighted by Crippen LogP contribution is 2.39. The minimum absolute atomic E-state index is 0.206. The average Bonchev–Trinajstić information content (AvgIpc) is 3.29. The van der Waals surface area contributed by atoms with Crippen molar-refractivity contribution >= 4 is 5.97 Å². The molecule has 0 aromatic heterocycles. The molecule has 1 aliphatic heterocycles. The molecule has 5 heteroatoms. The number of carbonyl (C=O) groups is 1. The zero-order valence-corrected chi connectivity index (χ0v) is 17.6. The molecular formula is C26H27NO4. The first kappa shape index (κ1) is 20.9. The summed E-state index contributed by atoms with van der Waals surface area (Å²) < 4.78 is 11.5. The minimum Gasteiger partial charge on any atom is -0.496 e. The molecule has 0 saturated carbocycles. The summed E-state index contributed by atoms with van der Waals surface area (Å²) in [5.74, 6) is 0.760. The number of nitrogens with zero attached hydrogens (tertiary/aromatic N) is 1. The Morgan fingerprint density at radius 2 is 1.74 bits per heavy atom. The lowest BCUT2D eigenvalue weighted by Gasteiger charge is -2.32. The van der Waals surface area contributed by atoms with Crippen molar-refractivity contribution < 1.29 is 19.4 Å². The number of hydrogen-bond donors (Lipinski definition) is 1. The molecule has 1 fully saturated rings. The maximum Gasteiger partial charge on any atom is 0.320 e. The monoisotopic (exact) mass is 417 g/mol. The van der Waals surface area contributed by atoms with Crippen LogP contribution >= 0.6 is 0 Å². The molecule has 3 aromatic rings. The first-order valence-electron chi connectivity index (χ1n) is 10.6. The SMILES string of the molecule is COc1ccccc1C(c1ccc(OCc2ccccc2)cc1)N1CCCC1C(=O)O. The maximum atomic E-state index is 11.9. The molecule has 4 rings (SSSR count). The Kier molecular flexibility index (Phi) is 6.53. The van der Waals surface area contributed by atoms with Gasteiger partial charge < -0.3 is 14.6 Å². The summed E-state index contributed by atoms with van der Waals surface area (Å²) in [4.78, 5) is 14.0. The number of benzene rings is 3. The summed E-state index contributed by atoms with van der Waals surface area (Å²) >= 11 is 0. The predicted octanol–water partition coefficient (Wildman–Crippen LogP) is 4.91. The van der Waals surface area contributed by atoms with E-state index in [0.29, 0.717) is 13.0 Å². The van der Waals surface area contributed by atoms with E-state index in [1.54, 1.807) is 7.11 Å². The number of ether oxygens (including phenoxy) is 2. The molecule has 0 radical (unpaired) electrons. The Labute approximate surface area is 182 Å². The molecule has 0 bridgehead atoms. The number of rotatable bonds is 8. The van der Waals surface area contributed by atoms with E-state index >= 15 is 0 Å². The molecule has 3 aromatic carbocycles. The summed E-state index contributed by atoms with van der Waals surface area (Å²) in [6, 6.07) is 25.1. The van der Waals surface area contributed by atoms with Crippen LogP contribution in [-0.4, -0.2) is 35.7 Å². The number of carboxylic acid groups (broad SMARTS) is 1. The second kappa shape index (κ2) is 9.67. The van der Waals surface area contributed by atoms with Gasteiger partial charge in [0.25, 0.3) is 0 Å². The van der Waals surface area contributed by atoms with E-state index in [9.17, 15) is 9.90 Å². The van der Waals surface area contributed by atoms with Gasteiger partial charge in [-0.15, -0.1) is 0 Å². The van der Waals surface area contributed by atoms with Crippen molar-refractivity contribution in [1.29, 1.82) is 0 Å². The van der Waals surface area contributed by atoms with E-state index in [-0.39, 0.29) is 6.04 Å². The van der Waals surface area contributed by atoms with Gasteiger partial charge in [-0.1, -0.05) is 60.7 Å². The number of carboxylic acids is 1. The average molecular weight is 418 g/mol. The van der Waals surface area contributed by atoms with E-state index in [1.165, 1.54) is 0 Å². The smallest absolute Gasteiger partial charge is 0.320 e. The van der Waals surface area contributed by atoms with Crippen molar-refractivity contribution in [1.82, 2.24) is 4.90 Å². The molecule has 1 saturated heterocycles. The third-order valence-corrected chi connectivity index (χ3v) is 5.79. The highest BCUT2D eigenvalue weighted by atomic mass is 16.5. The van der Waals surface area contributed by atoms with Crippen LogP contribution < -0.4 is 9.47 Å². The van der Waals surface area contributed by atoms with Gasteiger partial charge in [0, 0.05) is 12.1 Å². The van der Waals surface area contributed by atoms with Crippen LogP contribution in [0.4, 0.5) is 0 Å².